The zero-order valence-corrected chi connectivity index (χ0v) is 19.6. The van der Waals surface area contributed by atoms with Crippen LogP contribution in [0.4, 0.5) is 10.1 Å². The topological polar surface area (TPSA) is 94.3 Å². The highest BCUT2D eigenvalue weighted by Gasteiger charge is 2.22. The summed E-state index contributed by atoms with van der Waals surface area (Å²) in [4.78, 5) is 12.3. The number of hydrogen-bond acceptors (Lipinski definition) is 9. The van der Waals surface area contributed by atoms with Gasteiger partial charge in [0.2, 0.25) is 5.96 Å². The average molecular weight is 530 g/mol. The quantitative estimate of drug-likeness (QED) is 0.460. The van der Waals surface area contributed by atoms with Crippen LogP contribution in [-0.4, -0.2) is 81.0 Å². The first kappa shape index (κ1) is 23.0. The third kappa shape index (κ3) is 5.22. The molecule has 3 aliphatic heterocycles. The van der Waals surface area contributed by atoms with Crippen molar-refractivity contribution in [2.45, 2.75) is 6.42 Å². The second-order valence-electron chi connectivity index (χ2n) is 7.21. The number of hydrogen-bond donors (Lipinski definition) is 2. The molecule has 2 N–H and O–H groups in total. The van der Waals surface area contributed by atoms with E-state index in [1.54, 1.807) is 6.07 Å². The SMILES string of the molecule is Oc1c(/C=N\NC2=NC(N3CCOCC3)=C(F)CC=N2)cc(Br)c(N2CCOCC2)c1Cl. The first-order chi connectivity index (χ1) is 15.5. The summed E-state index contributed by atoms with van der Waals surface area (Å²) >= 11 is 9.99. The molecule has 0 aliphatic carbocycles. The summed E-state index contributed by atoms with van der Waals surface area (Å²) in [6.45, 7) is 4.70. The molecule has 0 bridgehead atoms. The van der Waals surface area contributed by atoms with E-state index in [1.165, 1.54) is 12.4 Å². The van der Waals surface area contributed by atoms with Crippen LogP contribution >= 0.6 is 27.5 Å². The largest absolute Gasteiger partial charge is 0.506 e. The summed E-state index contributed by atoms with van der Waals surface area (Å²) < 4.78 is 25.9. The number of ether oxygens (including phenoxy) is 2. The minimum atomic E-state index is -0.358. The number of aliphatic imine (C=N–C) groups is 2. The highest BCUT2D eigenvalue weighted by Crippen LogP contribution is 2.42. The fraction of sp³-hybridized carbons (Fsp3) is 0.450. The molecule has 0 radical (unpaired) electrons. The summed E-state index contributed by atoms with van der Waals surface area (Å²) in [7, 11) is 0. The maximum Gasteiger partial charge on any atom is 0.245 e. The number of anilines is 1. The molecule has 0 spiro atoms. The van der Waals surface area contributed by atoms with Crippen molar-refractivity contribution in [2.75, 3.05) is 57.5 Å². The van der Waals surface area contributed by atoms with Crippen molar-refractivity contribution < 1.29 is 19.0 Å². The lowest BCUT2D eigenvalue weighted by Gasteiger charge is -2.30. The number of nitrogens with zero attached hydrogens (tertiary/aromatic N) is 5. The van der Waals surface area contributed by atoms with Crippen LogP contribution in [0, 0.1) is 0 Å². The lowest BCUT2D eigenvalue weighted by atomic mass is 10.1. The van der Waals surface area contributed by atoms with Gasteiger partial charge in [-0.25, -0.2) is 14.8 Å². The minimum absolute atomic E-state index is 0.0530. The molecule has 0 saturated carbocycles. The summed E-state index contributed by atoms with van der Waals surface area (Å²) in [5.74, 6) is -0.0753. The number of allylic oxidation sites excluding steroid dienone is 1. The Hall–Kier alpha value is -2.21. The number of phenolic OH excluding ortho intramolecular Hbond substituents is 1. The first-order valence-corrected chi connectivity index (χ1v) is 11.4. The van der Waals surface area contributed by atoms with E-state index in [1.807, 2.05) is 4.90 Å². The van der Waals surface area contributed by atoms with Crippen molar-refractivity contribution in [1.82, 2.24) is 10.3 Å². The van der Waals surface area contributed by atoms with E-state index in [4.69, 9.17) is 21.1 Å². The van der Waals surface area contributed by atoms with Crippen LogP contribution in [0.2, 0.25) is 5.02 Å². The van der Waals surface area contributed by atoms with Crippen LogP contribution in [-0.2, 0) is 9.47 Å². The van der Waals surface area contributed by atoms with Crippen molar-refractivity contribution in [1.29, 1.82) is 0 Å². The van der Waals surface area contributed by atoms with E-state index in [9.17, 15) is 9.50 Å². The maximum atomic E-state index is 14.5. The maximum absolute atomic E-state index is 14.5. The molecule has 1 aromatic carbocycles. The molecule has 3 aliphatic rings. The Bertz CT molecular complexity index is 975. The molecule has 2 fully saturated rings. The Morgan fingerprint density at radius 1 is 1.16 bits per heavy atom. The van der Waals surface area contributed by atoms with Gasteiger partial charge in [-0.15, -0.1) is 0 Å². The van der Waals surface area contributed by atoms with Gasteiger partial charge in [0, 0.05) is 48.9 Å². The average Bonchev–Trinajstić information content (AvgIpc) is 2.99. The molecule has 32 heavy (non-hydrogen) atoms. The molecule has 0 unspecified atom stereocenters. The predicted molar refractivity (Wildman–Crippen MR) is 126 cm³/mol. The Morgan fingerprint density at radius 2 is 1.81 bits per heavy atom. The molecule has 3 heterocycles. The van der Waals surface area contributed by atoms with Crippen LogP contribution in [0.3, 0.4) is 0 Å². The van der Waals surface area contributed by atoms with E-state index in [2.05, 4.69) is 41.3 Å². The van der Waals surface area contributed by atoms with Crippen LogP contribution in [0.25, 0.3) is 0 Å². The molecule has 4 rings (SSSR count). The molecule has 2 saturated heterocycles. The lowest BCUT2D eigenvalue weighted by Crippen LogP contribution is -2.36. The smallest absolute Gasteiger partial charge is 0.245 e. The molecule has 12 heteroatoms. The third-order valence-electron chi connectivity index (χ3n) is 5.14. The van der Waals surface area contributed by atoms with Crippen molar-refractivity contribution in [3.05, 3.63) is 32.8 Å². The van der Waals surface area contributed by atoms with Crippen LogP contribution < -0.4 is 10.3 Å². The minimum Gasteiger partial charge on any atom is -0.506 e. The number of morpholine rings is 2. The Labute approximate surface area is 198 Å². The van der Waals surface area contributed by atoms with E-state index in [0.29, 0.717) is 63.9 Å². The number of aromatic hydroxyl groups is 1. The number of halogens is 3. The third-order valence-corrected chi connectivity index (χ3v) is 6.10. The van der Waals surface area contributed by atoms with Crippen LogP contribution in [0.5, 0.6) is 5.75 Å². The van der Waals surface area contributed by atoms with Gasteiger partial charge in [0.05, 0.1) is 38.3 Å². The zero-order valence-electron chi connectivity index (χ0n) is 17.2. The van der Waals surface area contributed by atoms with Crippen molar-refractivity contribution in [3.63, 3.8) is 0 Å². The Morgan fingerprint density at radius 3 is 2.50 bits per heavy atom. The summed E-state index contributed by atoms with van der Waals surface area (Å²) in [6, 6.07) is 1.73. The van der Waals surface area contributed by atoms with Gasteiger partial charge < -0.3 is 24.4 Å². The fourth-order valence-corrected chi connectivity index (χ4v) is 4.66. The molecular weight excluding hydrogens is 507 g/mol. The van der Waals surface area contributed by atoms with Gasteiger partial charge in [0.25, 0.3) is 0 Å². The Kier molecular flexibility index (Phi) is 7.61. The predicted octanol–water partition coefficient (Wildman–Crippen LogP) is 2.87. The summed E-state index contributed by atoms with van der Waals surface area (Å²) in [5.41, 5.74) is 3.83. The van der Waals surface area contributed by atoms with E-state index >= 15 is 0 Å². The molecule has 172 valence electrons. The van der Waals surface area contributed by atoms with Crippen LogP contribution in [0.15, 0.2) is 37.3 Å². The standard InChI is InChI=1S/C20H23BrClFN6O3/c21-14-11-13(18(30)16(22)17(14)28-3-7-31-8-4-28)12-25-27-20-24-2-1-15(23)19(26-20)29-5-9-32-10-6-29/h2,11-12,30H,1,3-10H2,(H,26,27)/b25-12-. The van der Waals surface area contributed by atoms with Gasteiger partial charge in [0.15, 0.2) is 5.82 Å². The number of nitrogens with one attached hydrogen (secondary N) is 1. The highest BCUT2D eigenvalue weighted by atomic mass is 79.9. The molecule has 0 atom stereocenters. The molecular formula is C20H23BrClFN6O3. The van der Waals surface area contributed by atoms with E-state index < -0.39 is 0 Å². The zero-order chi connectivity index (χ0) is 22.5. The van der Waals surface area contributed by atoms with Gasteiger partial charge in [-0.2, -0.15) is 10.1 Å². The summed E-state index contributed by atoms with van der Waals surface area (Å²) in [6.07, 6.45) is 2.90. The number of rotatable bonds is 4. The highest BCUT2D eigenvalue weighted by molar-refractivity contribution is 9.10. The molecule has 1 aromatic rings. The molecule has 0 aromatic heterocycles. The number of hydrazone groups is 1. The second-order valence-corrected chi connectivity index (χ2v) is 8.44. The van der Waals surface area contributed by atoms with Crippen molar-refractivity contribution in [3.8, 4) is 5.75 Å². The van der Waals surface area contributed by atoms with E-state index in [-0.39, 0.29) is 34.8 Å². The fourth-order valence-electron chi connectivity index (χ4n) is 3.52. The Balaban J connectivity index is 1.50. The second kappa shape index (κ2) is 10.6. The summed E-state index contributed by atoms with van der Waals surface area (Å²) in [5, 5.41) is 14.9. The van der Waals surface area contributed by atoms with Gasteiger partial charge >= 0.3 is 0 Å². The van der Waals surface area contributed by atoms with Crippen LogP contribution in [0.1, 0.15) is 12.0 Å². The molecule has 0 amide bonds. The normalized spacial score (nSPS) is 20.0. The van der Waals surface area contributed by atoms with Crippen molar-refractivity contribution in [2.24, 2.45) is 15.1 Å². The van der Waals surface area contributed by atoms with Gasteiger partial charge in [-0.1, -0.05) is 11.6 Å². The van der Waals surface area contributed by atoms with Gasteiger partial charge in [-0.3, -0.25) is 0 Å². The number of benzene rings is 1. The lowest BCUT2D eigenvalue weighted by molar-refractivity contribution is 0.0517. The number of phenols is 1. The first-order valence-electron chi connectivity index (χ1n) is 10.2. The van der Waals surface area contributed by atoms with Crippen molar-refractivity contribution >= 4 is 51.6 Å². The van der Waals surface area contributed by atoms with E-state index in [0.717, 1.165) is 4.47 Å². The van der Waals surface area contributed by atoms with Gasteiger partial charge in [-0.05, 0) is 22.0 Å². The number of guanidine groups is 1. The monoisotopic (exact) mass is 528 g/mol. The molecule has 9 nitrogen and oxygen atoms in total. The van der Waals surface area contributed by atoms with Gasteiger partial charge in [0.1, 0.15) is 16.6 Å².